The molecule has 4 atom stereocenters. The molecule has 0 radical (unpaired) electrons. The lowest BCUT2D eigenvalue weighted by atomic mass is 9.62. The molecule has 0 heteroatoms. The van der Waals surface area contributed by atoms with Gasteiger partial charge in [0.25, 0.3) is 0 Å². The van der Waals surface area contributed by atoms with Crippen LogP contribution in [-0.2, 0) is 0 Å². The predicted molar refractivity (Wildman–Crippen MR) is 57.3 cm³/mol. The Bertz CT molecular complexity index is 295. The largest absolute Gasteiger partial charge is 0.0955 e. The predicted octanol–water partition coefficient (Wildman–Crippen LogP) is 3.58. The van der Waals surface area contributed by atoms with Crippen LogP contribution in [0.1, 0.15) is 20.8 Å². The number of fused-ring (bicyclic) bond motifs is 1. The molecule has 0 heterocycles. The molecule has 0 aromatic carbocycles. The molecule has 0 amide bonds. The minimum Gasteiger partial charge on any atom is -0.0955 e. The molecule has 0 spiro atoms. The Kier molecular flexibility index (Phi) is 1.76. The Labute approximate surface area is 81.0 Å². The third kappa shape index (κ3) is 1.04. The van der Waals surface area contributed by atoms with Gasteiger partial charge in [-0.25, -0.2) is 0 Å². The van der Waals surface area contributed by atoms with E-state index in [1.54, 1.807) is 0 Å². The van der Waals surface area contributed by atoms with Crippen LogP contribution in [0.4, 0.5) is 0 Å². The first-order valence-electron chi connectivity index (χ1n) is 5.12. The van der Waals surface area contributed by atoms with Crippen molar-refractivity contribution in [1.29, 1.82) is 0 Å². The van der Waals surface area contributed by atoms with Gasteiger partial charge in [0.2, 0.25) is 0 Å². The first-order valence-corrected chi connectivity index (χ1v) is 5.12. The normalized spacial score (nSPS) is 48.2. The molecule has 0 N–H and O–H groups in total. The molecular formula is C13H18. The summed E-state index contributed by atoms with van der Waals surface area (Å²) in [4.78, 5) is 0. The SMILES string of the molecule is C=C1C=C[C@]2(C)C(C)C=CC(C)[C@H]12. The fourth-order valence-corrected chi connectivity index (χ4v) is 2.89. The van der Waals surface area contributed by atoms with Gasteiger partial charge in [0, 0.05) is 0 Å². The molecule has 2 aliphatic rings. The van der Waals surface area contributed by atoms with Crippen LogP contribution < -0.4 is 0 Å². The second-order valence-electron chi connectivity index (χ2n) is 4.78. The zero-order valence-corrected chi connectivity index (χ0v) is 8.75. The van der Waals surface area contributed by atoms with Crippen molar-refractivity contribution in [2.75, 3.05) is 0 Å². The summed E-state index contributed by atoms with van der Waals surface area (Å²) >= 11 is 0. The molecule has 2 rings (SSSR count). The van der Waals surface area contributed by atoms with Crippen LogP contribution >= 0.6 is 0 Å². The van der Waals surface area contributed by atoms with Crippen molar-refractivity contribution in [1.82, 2.24) is 0 Å². The first-order chi connectivity index (χ1) is 6.05. The Morgan fingerprint density at radius 1 is 1.31 bits per heavy atom. The average molecular weight is 174 g/mol. The molecule has 2 unspecified atom stereocenters. The summed E-state index contributed by atoms with van der Waals surface area (Å²) < 4.78 is 0. The van der Waals surface area contributed by atoms with Gasteiger partial charge in [0.1, 0.15) is 0 Å². The van der Waals surface area contributed by atoms with Gasteiger partial charge in [-0.2, -0.15) is 0 Å². The van der Waals surface area contributed by atoms with Crippen molar-refractivity contribution < 1.29 is 0 Å². The highest BCUT2D eigenvalue weighted by Gasteiger charge is 2.44. The van der Waals surface area contributed by atoms with Gasteiger partial charge in [-0.05, 0) is 23.2 Å². The number of hydrogen-bond donors (Lipinski definition) is 0. The lowest BCUT2D eigenvalue weighted by Gasteiger charge is -2.41. The van der Waals surface area contributed by atoms with E-state index in [9.17, 15) is 0 Å². The third-order valence-corrected chi connectivity index (χ3v) is 3.94. The summed E-state index contributed by atoms with van der Waals surface area (Å²) in [6.07, 6.45) is 9.26. The summed E-state index contributed by atoms with van der Waals surface area (Å²) in [5.74, 6) is 1.92. The zero-order valence-electron chi connectivity index (χ0n) is 8.75. The lowest BCUT2D eigenvalue weighted by Crippen LogP contribution is -2.35. The number of rotatable bonds is 0. The van der Waals surface area contributed by atoms with Crippen molar-refractivity contribution in [3.05, 3.63) is 36.5 Å². The van der Waals surface area contributed by atoms with Gasteiger partial charge >= 0.3 is 0 Å². The van der Waals surface area contributed by atoms with Crippen LogP contribution in [0, 0.1) is 23.2 Å². The Morgan fingerprint density at radius 2 is 2.00 bits per heavy atom. The second kappa shape index (κ2) is 2.60. The molecule has 0 fully saturated rings. The third-order valence-electron chi connectivity index (χ3n) is 3.94. The second-order valence-corrected chi connectivity index (χ2v) is 4.78. The Hall–Kier alpha value is -0.780. The maximum absolute atomic E-state index is 4.15. The Balaban J connectivity index is 2.45. The molecule has 0 aliphatic heterocycles. The zero-order chi connectivity index (χ0) is 9.64. The van der Waals surface area contributed by atoms with Gasteiger partial charge in [-0.15, -0.1) is 0 Å². The number of allylic oxidation sites excluding steroid dienone is 5. The fraction of sp³-hybridized carbons (Fsp3) is 0.538. The van der Waals surface area contributed by atoms with Gasteiger partial charge < -0.3 is 0 Å². The molecule has 0 nitrogen and oxygen atoms in total. The number of hydrogen-bond acceptors (Lipinski definition) is 0. The minimum atomic E-state index is 0.325. The van der Waals surface area contributed by atoms with Crippen LogP contribution in [-0.4, -0.2) is 0 Å². The summed E-state index contributed by atoms with van der Waals surface area (Å²) in [6.45, 7) is 11.1. The summed E-state index contributed by atoms with van der Waals surface area (Å²) in [7, 11) is 0. The van der Waals surface area contributed by atoms with Gasteiger partial charge in [0.05, 0.1) is 0 Å². The molecule has 70 valence electrons. The summed E-state index contributed by atoms with van der Waals surface area (Å²) in [6, 6.07) is 0. The molecule has 0 bridgehead atoms. The molecule has 2 aliphatic carbocycles. The monoisotopic (exact) mass is 174 g/mol. The Morgan fingerprint density at radius 3 is 2.62 bits per heavy atom. The van der Waals surface area contributed by atoms with Gasteiger partial charge in [-0.1, -0.05) is 57.2 Å². The average Bonchev–Trinajstić information content (AvgIpc) is 2.38. The maximum Gasteiger partial charge on any atom is -0.000930 e. The first kappa shape index (κ1) is 8.80. The van der Waals surface area contributed by atoms with Crippen molar-refractivity contribution >= 4 is 0 Å². The molecular weight excluding hydrogens is 156 g/mol. The topological polar surface area (TPSA) is 0 Å². The highest BCUT2D eigenvalue weighted by atomic mass is 14.5. The summed E-state index contributed by atoms with van der Waals surface area (Å²) in [5, 5.41) is 0. The maximum atomic E-state index is 4.15. The van der Waals surface area contributed by atoms with E-state index in [4.69, 9.17) is 0 Å². The van der Waals surface area contributed by atoms with Crippen molar-refractivity contribution in [2.24, 2.45) is 23.2 Å². The molecule has 13 heavy (non-hydrogen) atoms. The van der Waals surface area contributed by atoms with E-state index in [0.29, 0.717) is 23.2 Å². The van der Waals surface area contributed by atoms with E-state index < -0.39 is 0 Å². The quantitative estimate of drug-likeness (QED) is 0.492. The molecule has 0 aromatic heterocycles. The van der Waals surface area contributed by atoms with E-state index >= 15 is 0 Å². The highest BCUT2D eigenvalue weighted by molar-refractivity contribution is 5.36. The molecule has 0 saturated heterocycles. The van der Waals surface area contributed by atoms with Crippen LogP contribution in [0.5, 0.6) is 0 Å². The van der Waals surface area contributed by atoms with E-state index in [0.717, 1.165) is 0 Å². The van der Waals surface area contributed by atoms with Crippen LogP contribution in [0.3, 0.4) is 0 Å². The van der Waals surface area contributed by atoms with E-state index in [1.165, 1.54) is 5.57 Å². The molecule has 0 saturated carbocycles. The highest BCUT2D eigenvalue weighted by Crippen LogP contribution is 2.52. The van der Waals surface area contributed by atoms with Crippen molar-refractivity contribution in [3.63, 3.8) is 0 Å². The lowest BCUT2D eigenvalue weighted by molar-refractivity contribution is 0.190. The van der Waals surface area contributed by atoms with Crippen molar-refractivity contribution in [2.45, 2.75) is 20.8 Å². The van der Waals surface area contributed by atoms with Gasteiger partial charge in [0.15, 0.2) is 0 Å². The van der Waals surface area contributed by atoms with E-state index in [2.05, 4.69) is 51.7 Å². The standard InChI is InChI=1S/C13H18/c1-9-5-6-11(3)13(4)8-7-10(2)12(9)13/h5-9,11-12H,2H2,1,3-4H3/t9?,11?,12-,13-/m1/s1. The molecule has 0 aromatic rings. The van der Waals surface area contributed by atoms with Crippen LogP contribution in [0.15, 0.2) is 36.5 Å². The van der Waals surface area contributed by atoms with Gasteiger partial charge in [-0.3, -0.25) is 0 Å². The van der Waals surface area contributed by atoms with E-state index in [1.807, 2.05) is 0 Å². The van der Waals surface area contributed by atoms with Crippen molar-refractivity contribution in [3.8, 4) is 0 Å². The van der Waals surface area contributed by atoms with Crippen LogP contribution in [0.2, 0.25) is 0 Å². The van der Waals surface area contributed by atoms with E-state index in [-0.39, 0.29) is 0 Å². The fourth-order valence-electron chi connectivity index (χ4n) is 2.89. The van der Waals surface area contributed by atoms with Crippen LogP contribution in [0.25, 0.3) is 0 Å². The smallest absolute Gasteiger partial charge is 0.000930 e. The minimum absolute atomic E-state index is 0.325. The summed E-state index contributed by atoms with van der Waals surface area (Å²) in [5.41, 5.74) is 1.64.